The van der Waals surface area contributed by atoms with Crippen molar-refractivity contribution in [3.8, 4) is 0 Å². The zero-order chi connectivity index (χ0) is 18.7. The lowest BCUT2D eigenvalue weighted by Gasteiger charge is -2.19. The predicted octanol–water partition coefficient (Wildman–Crippen LogP) is 4.86. The van der Waals surface area contributed by atoms with E-state index < -0.39 is 4.92 Å². The lowest BCUT2D eigenvalue weighted by Crippen LogP contribution is -2.15. The summed E-state index contributed by atoms with van der Waals surface area (Å²) in [5.41, 5.74) is 2.10. The van der Waals surface area contributed by atoms with Gasteiger partial charge in [-0.05, 0) is 36.8 Å². The van der Waals surface area contributed by atoms with Crippen molar-refractivity contribution in [2.75, 3.05) is 17.3 Å². The summed E-state index contributed by atoms with van der Waals surface area (Å²) in [6.45, 7) is 1.88. The summed E-state index contributed by atoms with van der Waals surface area (Å²) in [5, 5.41) is 15.3. The molecule has 1 N–H and O–H groups in total. The third kappa shape index (κ3) is 3.57. The summed E-state index contributed by atoms with van der Waals surface area (Å²) in [6, 6.07) is 14.6. The van der Waals surface area contributed by atoms with Gasteiger partial charge in [0.25, 0.3) is 0 Å². The number of aromatic nitrogens is 2. The van der Waals surface area contributed by atoms with Crippen molar-refractivity contribution >= 4 is 40.3 Å². The molecule has 3 rings (SSSR count). The van der Waals surface area contributed by atoms with Crippen LogP contribution in [0.25, 0.3) is 0 Å². The Bertz CT molecular complexity index is 950. The van der Waals surface area contributed by atoms with Crippen molar-refractivity contribution in [1.82, 2.24) is 9.97 Å². The lowest BCUT2D eigenvalue weighted by molar-refractivity contribution is -0.383. The second kappa shape index (κ2) is 7.37. The van der Waals surface area contributed by atoms with Crippen LogP contribution in [0, 0.1) is 17.0 Å². The molecule has 0 bridgehead atoms. The highest BCUT2D eigenvalue weighted by molar-refractivity contribution is 6.30. The van der Waals surface area contributed by atoms with E-state index in [1.807, 2.05) is 43.3 Å². The molecular formula is C18H16ClN5O2. The molecule has 7 nitrogen and oxygen atoms in total. The van der Waals surface area contributed by atoms with Crippen LogP contribution < -0.4 is 10.2 Å². The minimum absolute atomic E-state index is 0.105. The Morgan fingerprint density at radius 2 is 1.88 bits per heavy atom. The number of nitrogens with one attached hydrogen (secondary N) is 1. The Morgan fingerprint density at radius 1 is 1.15 bits per heavy atom. The minimum Gasteiger partial charge on any atom is -0.334 e. The fourth-order valence-corrected chi connectivity index (χ4v) is 2.68. The number of benzene rings is 2. The van der Waals surface area contributed by atoms with Gasteiger partial charge in [0.15, 0.2) is 0 Å². The van der Waals surface area contributed by atoms with Crippen LogP contribution in [0.15, 0.2) is 54.9 Å². The van der Waals surface area contributed by atoms with Crippen molar-refractivity contribution < 1.29 is 4.92 Å². The van der Waals surface area contributed by atoms with Crippen LogP contribution in [0.3, 0.4) is 0 Å². The largest absolute Gasteiger partial charge is 0.354 e. The summed E-state index contributed by atoms with van der Waals surface area (Å²) in [6.07, 6.45) is 1.30. The normalized spacial score (nSPS) is 10.4. The quantitative estimate of drug-likeness (QED) is 0.510. The summed E-state index contributed by atoms with van der Waals surface area (Å²) in [5.74, 6) is 0.298. The van der Waals surface area contributed by atoms with Gasteiger partial charge in [-0.25, -0.2) is 9.97 Å². The molecule has 0 aliphatic carbocycles. The van der Waals surface area contributed by atoms with Crippen LogP contribution in [0.5, 0.6) is 0 Å². The molecule has 0 saturated carbocycles. The first-order chi connectivity index (χ1) is 12.5. The fraction of sp³-hybridized carbons (Fsp3) is 0.111. The van der Waals surface area contributed by atoms with Crippen LogP contribution in [0.2, 0.25) is 5.02 Å². The van der Waals surface area contributed by atoms with Gasteiger partial charge < -0.3 is 10.2 Å². The molecule has 0 atom stereocenters. The highest BCUT2D eigenvalue weighted by Gasteiger charge is 2.26. The molecule has 0 spiro atoms. The molecule has 2 aromatic carbocycles. The SMILES string of the molecule is Cc1ccc(Cl)cc1Nc1ncnc(N(C)c2ccccc2)c1[N+](=O)[O-]. The van der Waals surface area contributed by atoms with E-state index in [1.165, 1.54) is 6.33 Å². The number of nitrogens with zero attached hydrogens (tertiary/aromatic N) is 4. The number of rotatable bonds is 5. The van der Waals surface area contributed by atoms with Gasteiger partial charge in [-0.3, -0.25) is 10.1 Å². The Labute approximate surface area is 155 Å². The third-order valence-electron chi connectivity index (χ3n) is 3.90. The highest BCUT2D eigenvalue weighted by atomic mass is 35.5. The van der Waals surface area contributed by atoms with Crippen molar-refractivity contribution in [3.63, 3.8) is 0 Å². The molecule has 1 heterocycles. The number of nitro groups is 1. The first-order valence-electron chi connectivity index (χ1n) is 7.78. The molecule has 0 aliphatic heterocycles. The molecule has 132 valence electrons. The molecule has 0 fully saturated rings. The number of halogens is 1. The first-order valence-corrected chi connectivity index (χ1v) is 8.16. The van der Waals surface area contributed by atoms with Crippen LogP contribution >= 0.6 is 11.6 Å². The minimum atomic E-state index is -0.489. The van der Waals surface area contributed by atoms with Crippen LogP contribution in [0.4, 0.5) is 28.7 Å². The smallest absolute Gasteiger partial charge is 0.334 e. The maximum atomic E-state index is 11.8. The number of hydrogen-bond donors (Lipinski definition) is 1. The van der Waals surface area contributed by atoms with Crippen molar-refractivity contribution in [1.29, 1.82) is 0 Å². The fourth-order valence-electron chi connectivity index (χ4n) is 2.50. The summed E-state index contributed by atoms with van der Waals surface area (Å²) in [7, 11) is 1.72. The standard InChI is InChI=1S/C18H16ClN5O2/c1-12-8-9-13(19)10-15(12)22-17-16(24(25)26)18(21-11-20-17)23(2)14-6-4-3-5-7-14/h3-11H,1-2H3,(H,20,21,22). The van der Waals surface area contributed by atoms with Gasteiger partial charge in [0.05, 0.1) is 4.92 Å². The third-order valence-corrected chi connectivity index (χ3v) is 4.13. The molecule has 0 radical (unpaired) electrons. The monoisotopic (exact) mass is 369 g/mol. The van der Waals surface area contributed by atoms with E-state index in [0.717, 1.165) is 11.3 Å². The Morgan fingerprint density at radius 3 is 2.58 bits per heavy atom. The summed E-state index contributed by atoms with van der Waals surface area (Å²) in [4.78, 5) is 21.1. The van der Waals surface area contributed by atoms with Gasteiger partial charge in [0, 0.05) is 23.4 Å². The molecule has 3 aromatic rings. The van der Waals surface area contributed by atoms with E-state index in [9.17, 15) is 10.1 Å². The van der Waals surface area contributed by atoms with Crippen molar-refractivity contribution in [2.45, 2.75) is 6.92 Å². The van der Waals surface area contributed by atoms with E-state index in [2.05, 4.69) is 15.3 Å². The lowest BCUT2D eigenvalue weighted by atomic mass is 10.2. The van der Waals surface area contributed by atoms with E-state index in [4.69, 9.17) is 11.6 Å². The number of anilines is 4. The Balaban J connectivity index is 2.07. The highest BCUT2D eigenvalue weighted by Crippen LogP contribution is 2.36. The Hall–Kier alpha value is -3.19. The van der Waals surface area contributed by atoms with Crippen molar-refractivity contribution in [3.05, 3.63) is 75.6 Å². The maximum Gasteiger partial charge on any atom is 0.354 e. The van der Waals surface area contributed by atoms with E-state index in [-0.39, 0.29) is 17.3 Å². The number of hydrogen-bond acceptors (Lipinski definition) is 6. The van der Waals surface area contributed by atoms with Crippen LogP contribution in [0.1, 0.15) is 5.56 Å². The topological polar surface area (TPSA) is 84.2 Å². The number of aryl methyl sites for hydroxylation is 1. The average Bonchev–Trinajstić information content (AvgIpc) is 2.64. The second-order valence-corrected chi connectivity index (χ2v) is 6.07. The maximum absolute atomic E-state index is 11.8. The molecule has 1 aromatic heterocycles. The van der Waals surface area contributed by atoms with Crippen LogP contribution in [-0.2, 0) is 0 Å². The average molecular weight is 370 g/mol. The van der Waals surface area contributed by atoms with Gasteiger partial charge >= 0.3 is 5.69 Å². The van der Waals surface area contributed by atoms with Gasteiger partial charge in [-0.1, -0.05) is 35.9 Å². The first kappa shape index (κ1) is 17.6. The van der Waals surface area contributed by atoms with Gasteiger partial charge in [-0.2, -0.15) is 0 Å². The van der Waals surface area contributed by atoms with E-state index >= 15 is 0 Å². The molecule has 0 aliphatic rings. The Kier molecular flexibility index (Phi) is 4.99. The van der Waals surface area contributed by atoms with E-state index in [1.54, 1.807) is 24.1 Å². The second-order valence-electron chi connectivity index (χ2n) is 5.63. The zero-order valence-electron chi connectivity index (χ0n) is 14.2. The molecule has 26 heavy (non-hydrogen) atoms. The molecule has 0 unspecified atom stereocenters. The number of para-hydroxylation sites is 1. The molecular weight excluding hydrogens is 354 g/mol. The molecule has 0 saturated heterocycles. The van der Waals surface area contributed by atoms with E-state index in [0.29, 0.717) is 10.7 Å². The summed E-state index contributed by atoms with van der Waals surface area (Å²) < 4.78 is 0. The zero-order valence-corrected chi connectivity index (χ0v) is 14.9. The van der Waals surface area contributed by atoms with Gasteiger partial charge in [0.2, 0.25) is 11.6 Å². The van der Waals surface area contributed by atoms with Crippen LogP contribution in [-0.4, -0.2) is 21.9 Å². The molecule has 8 heteroatoms. The van der Waals surface area contributed by atoms with Gasteiger partial charge in [-0.15, -0.1) is 0 Å². The summed E-state index contributed by atoms with van der Waals surface area (Å²) >= 11 is 6.03. The van der Waals surface area contributed by atoms with Gasteiger partial charge in [0.1, 0.15) is 6.33 Å². The molecule has 0 amide bonds. The van der Waals surface area contributed by atoms with Crippen molar-refractivity contribution in [2.24, 2.45) is 0 Å². The predicted molar refractivity (Wildman–Crippen MR) is 103 cm³/mol.